The second-order valence-corrected chi connectivity index (χ2v) is 10.8. The smallest absolute Gasteiger partial charge is 0.261 e. The molecule has 0 spiro atoms. The Balaban J connectivity index is 1.51. The molecule has 10 heteroatoms. The predicted octanol–water partition coefficient (Wildman–Crippen LogP) is 2.84. The first-order valence-electron chi connectivity index (χ1n) is 12.5. The molecule has 3 fully saturated rings. The van der Waals surface area contributed by atoms with E-state index in [0.29, 0.717) is 45.1 Å². The Kier molecular flexibility index (Phi) is 5.64. The van der Waals surface area contributed by atoms with Gasteiger partial charge in [0.15, 0.2) is 11.6 Å². The summed E-state index contributed by atoms with van der Waals surface area (Å²) in [5.74, 6) is -1.66. The Hall–Kier alpha value is -2.85. The largest absolute Gasteiger partial charge is 0.487 e. The molecule has 1 N–H and O–H groups in total. The predicted molar refractivity (Wildman–Crippen MR) is 129 cm³/mol. The van der Waals surface area contributed by atoms with Gasteiger partial charge in [0.05, 0.1) is 6.04 Å². The fourth-order valence-electron chi connectivity index (χ4n) is 5.97. The minimum absolute atomic E-state index is 0.00954. The number of hydrogen-bond donors (Lipinski definition) is 1. The number of hydrogen-bond acceptors (Lipinski definition) is 6. The van der Waals surface area contributed by atoms with Gasteiger partial charge in [0.25, 0.3) is 5.91 Å². The van der Waals surface area contributed by atoms with Crippen LogP contribution in [-0.4, -0.2) is 90.4 Å². The highest BCUT2D eigenvalue weighted by atomic mass is 19.1. The Morgan fingerprint density at radius 2 is 1.92 bits per heavy atom. The number of ether oxygens (including phenoxy) is 1. The molecule has 2 aromatic rings. The summed E-state index contributed by atoms with van der Waals surface area (Å²) in [7, 11) is 0. The van der Waals surface area contributed by atoms with Crippen molar-refractivity contribution in [3.63, 3.8) is 0 Å². The Bertz CT molecular complexity index is 1200. The Morgan fingerprint density at radius 3 is 2.67 bits per heavy atom. The third-order valence-electron chi connectivity index (χ3n) is 7.95. The van der Waals surface area contributed by atoms with Gasteiger partial charge in [-0.05, 0) is 32.4 Å². The number of benzene rings is 1. The van der Waals surface area contributed by atoms with Crippen molar-refractivity contribution in [1.29, 1.82) is 0 Å². The van der Waals surface area contributed by atoms with Crippen LogP contribution in [0.4, 0.5) is 19.0 Å². The zero-order chi connectivity index (χ0) is 25.2. The molecule has 7 nitrogen and oxygen atoms in total. The van der Waals surface area contributed by atoms with Gasteiger partial charge in [-0.1, -0.05) is 12.1 Å². The summed E-state index contributed by atoms with van der Waals surface area (Å²) < 4.78 is 50.4. The van der Waals surface area contributed by atoms with E-state index in [0.717, 1.165) is 6.42 Å². The van der Waals surface area contributed by atoms with Crippen molar-refractivity contribution in [1.82, 2.24) is 20.1 Å². The molecule has 3 saturated heterocycles. The van der Waals surface area contributed by atoms with E-state index in [-0.39, 0.29) is 47.2 Å². The molecule has 1 amide bonds. The van der Waals surface area contributed by atoms with Crippen LogP contribution < -0.4 is 15.0 Å². The summed E-state index contributed by atoms with van der Waals surface area (Å²) in [6.45, 7) is 7.11. The molecule has 1 aromatic carbocycles. The molecule has 36 heavy (non-hydrogen) atoms. The van der Waals surface area contributed by atoms with E-state index in [1.807, 2.05) is 18.7 Å². The van der Waals surface area contributed by atoms with E-state index in [4.69, 9.17) is 4.74 Å². The van der Waals surface area contributed by atoms with Gasteiger partial charge >= 0.3 is 0 Å². The third kappa shape index (κ3) is 3.73. The summed E-state index contributed by atoms with van der Waals surface area (Å²) in [4.78, 5) is 24.4. The van der Waals surface area contributed by atoms with Crippen molar-refractivity contribution in [2.45, 2.75) is 44.1 Å². The van der Waals surface area contributed by atoms with Crippen LogP contribution in [0.25, 0.3) is 11.3 Å². The third-order valence-corrected chi connectivity index (χ3v) is 7.95. The van der Waals surface area contributed by atoms with Crippen molar-refractivity contribution in [3.8, 4) is 17.0 Å². The molecule has 0 saturated carbocycles. The average molecular weight is 502 g/mol. The summed E-state index contributed by atoms with van der Waals surface area (Å²) in [6, 6.07) is 5.71. The Morgan fingerprint density at radius 1 is 1.14 bits per heavy atom. The number of likely N-dealkylation sites (tertiary alicyclic amines) is 1. The zero-order valence-corrected chi connectivity index (χ0v) is 20.4. The normalized spacial score (nSPS) is 26.2. The molecule has 192 valence electrons. The number of amides is 1. The maximum Gasteiger partial charge on any atom is 0.261 e. The second-order valence-electron chi connectivity index (χ2n) is 10.8. The first-order chi connectivity index (χ1) is 17.2. The Labute approximate surface area is 208 Å². The average Bonchev–Trinajstić information content (AvgIpc) is 3.06. The highest BCUT2D eigenvalue weighted by Crippen LogP contribution is 2.44. The topological polar surface area (TPSA) is 60.9 Å². The lowest BCUT2D eigenvalue weighted by Gasteiger charge is -2.39. The fourth-order valence-corrected chi connectivity index (χ4v) is 5.97. The van der Waals surface area contributed by atoms with Crippen LogP contribution in [0, 0.1) is 11.6 Å². The highest BCUT2D eigenvalue weighted by Gasteiger charge is 2.48. The summed E-state index contributed by atoms with van der Waals surface area (Å²) >= 11 is 0. The zero-order valence-electron chi connectivity index (χ0n) is 20.4. The number of nitrogens with zero attached hydrogens (tertiary/aromatic N) is 4. The molecular formula is C26H30F3N5O2. The molecule has 0 aliphatic carbocycles. The lowest BCUT2D eigenvalue weighted by atomic mass is 9.97. The van der Waals surface area contributed by atoms with Crippen molar-refractivity contribution in [3.05, 3.63) is 41.5 Å². The number of carbonyl (C=O) groups is 1. The SMILES string of the molecule is CC1(C)C[C@H](N2CC(F)C2)CN1c1nc(-c2ccccc2F)c(F)c2c1C(=O)N1CCNC[C@@H]1CO2. The molecule has 4 aliphatic rings. The van der Waals surface area contributed by atoms with Crippen LogP contribution in [0.2, 0.25) is 0 Å². The van der Waals surface area contributed by atoms with Gasteiger partial charge in [-0.3, -0.25) is 9.69 Å². The lowest BCUT2D eigenvalue weighted by molar-refractivity contribution is 0.0324. The molecule has 0 bridgehead atoms. The molecule has 4 aliphatic heterocycles. The maximum absolute atomic E-state index is 16.0. The summed E-state index contributed by atoms with van der Waals surface area (Å²) in [5, 5.41) is 3.26. The van der Waals surface area contributed by atoms with E-state index in [9.17, 15) is 13.6 Å². The van der Waals surface area contributed by atoms with Crippen molar-refractivity contribution in [2.24, 2.45) is 0 Å². The minimum atomic E-state index is -0.837. The molecule has 1 aromatic heterocycles. The van der Waals surface area contributed by atoms with Gasteiger partial charge in [0.1, 0.15) is 35.7 Å². The van der Waals surface area contributed by atoms with Crippen LogP contribution in [0.1, 0.15) is 30.6 Å². The molecule has 0 unspecified atom stereocenters. The van der Waals surface area contributed by atoms with Crippen LogP contribution >= 0.6 is 0 Å². The fraction of sp³-hybridized carbons (Fsp3) is 0.538. The van der Waals surface area contributed by atoms with E-state index >= 15 is 4.39 Å². The van der Waals surface area contributed by atoms with Gasteiger partial charge in [-0.15, -0.1) is 0 Å². The second kappa shape index (κ2) is 8.62. The van der Waals surface area contributed by atoms with Crippen LogP contribution in [0.5, 0.6) is 5.75 Å². The van der Waals surface area contributed by atoms with Gasteiger partial charge in [-0.2, -0.15) is 0 Å². The molecule has 0 radical (unpaired) electrons. The minimum Gasteiger partial charge on any atom is -0.487 e. The van der Waals surface area contributed by atoms with Crippen molar-refractivity contribution in [2.75, 3.05) is 50.8 Å². The van der Waals surface area contributed by atoms with Crippen LogP contribution in [-0.2, 0) is 0 Å². The molecule has 6 rings (SSSR count). The number of alkyl halides is 1. The van der Waals surface area contributed by atoms with Gasteiger partial charge in [-0.25, -0.2) is 18.2 Å². The van der Waals surface area contributed by atoms with Crippen molar-refractivity contribution < 1.29 is 22.7 Å². The first kappa shape index (κ1) is 23.5. The lowest BCUT2D eigenvalue weighted by Crippen LogP contribution is -2.55. The van der Waals surface area contributed by atoms with E-state index in [1.54, 1.807) is 11.0 Å². The summed E-state index contributed by atoms with van der Waals surface area (Å²) in [6.07, 6.45) is -0.0943. The van der Waals surface area contributed by atoms with E-state index in [1.165, 1.54) is 18.2 Å². The number of pyridine rings is 1. The van der Waals surface area contributed by atoms with Gasteiger partial charge in [0, 0.05) is 56.4 Å². The van der Waals surface area contributed by atoms with E-state index < -0.39 is 23.3 Å². The monoisotopic (exact) mass is 501 g/mol. The molecule has 5 heterocycles. The first-order valence-corrected chi connectivity index (χ1v) is 12.5. The van der Waals surface area contributed by atoms with E-state index in [2.05, 4.69) is 15.2 Å². The summed E-state index contributed by atoms with van der Waals surface area (Å²) in [5.41, 5.74) is -0.542. The highest BCUT2D eigenvalue weighted by molar-refractivity contribution is 6.03. The van der Waals surface area contributed by atoms with Gasteiger partial charge < -0.3 is 19.9 Å². The van der Waals surface area contributed by atoms with Crippen LogP contribution in [0.15, 0.2) is 24.3 Å². The maximum atomic E-state index is 16.0. The molecule has 2 atom stereocenters. The number of nitrogens with one attached hydrogen (secondary N) is 1. The number of carbonyl (C=O) groups excluding carboxylic acids is 1. The number of fused-ring (bicyclic) bond motifs is 2. The van der Waals surface area contributed by atoms with Crippen molar-refractivity contribution >= 4 is 11.7 Å². The number of halogens is 3. The standard InChI is InChI=1S/C26H30F3N5O2/c1-26(2)9-16(32-11-15(27)12-32)13-34(26)24-20-23(36-14-17-10-30-7-8-33(17)25(20)35)21(29)22(31-24)18-5-3-4-6-19(18)28/h3-6,15-17,30H,7-14H2,1-2H3/t16-,17+/m0/s1. The van der Waals surface area contributed by atoms with Gasteiger partial charge in [0.2, 0.25) is 0 Å². The van der Waals surface area contributed by atoms with Crippen LogP contribution in [0.3, 0.4) is 0 Å². The molecular weight excluding hydrogens is 471 g/mol. The number of piperazine rings is 1. The number of aromatic nitrogens is 1. The quantitative estimate of drug-likeness (QED) is 0.698. The number of rotatable bonds is 3. The number of anilines is 1.